The number of rotatable bonds is 20. The van der Waals surface area contributed by atoms with Gasteiger partial charge in [-0.2, -0.15) is 0 Å². The number of nitrogens with one attached hydrogen (secondary N) is 7. The maximum atomic E-state index is 14.9. The summed E-state index contributed by atoms with van der Waals surface area (Å²) in [7, 11) is 3.94. The van der Waals surface area contributed by atoms with Gasteiger partial charge in [-0.05, 0) is 81.2 Å². The number of nitrogens with two attached hydrogens (primary N) is 5. The highest BCUT2D eigenvalue weighted by molar-refractivity contribution is 8.76. The summed E-state index contributed by atoms with van der Waals surface area (Å²) < 4.78 is 5.35. The van der Waals surface area contributed by atoms with Crippen LogP contribution >= 0.6 is 21.6 Å². The molecule has 1 saturated carbocycles. The number of hydrogen-bond donors (Lipinski definition) is 12. The van der Waals surface area contributed by atoms with Crippen LogP contribution in [-0.4, -0.2) is 157 Å². The predicted octanol–water partition coefficient (Wildman–Crippen LogP) is -2.00. The van der Waals surface area contributed by atoms with Crippen LogP contribution in [0.5, 0.6) is 5.75 Å². The fraction of sp³-hybridized carbons (Fsp3) is 0.558. The molecule has 27 heteroatoms. The Morgan fingerprint density at radius 2 is 1.37 bits per heavy atom. The van der Waals surface area contributed by atoms with Crippen LogP contribution in [0.3, 0.4) is 0 Å². The van der Waals surface area contributed by atoms with Gasteiger partial charge in [0.1, 0.15) is 42.0 Å². The van der Waals surface area contributed by atoms with Crippen molar-refractivity contribution in [2.45, 2.75) is 132 Å². The molecule has 3 fully saturated rings. The number of carbonyl (C=O) groups excluding carboxylic acids is 10. The van der Waals surface area contributed by atoms with Crippen molar-refractivity contribution >= 4 is 86.6 Å². The van der Waals surface area contributed by atoms with Crippen LogP contribution in [0.15, 0.2) is 59.6 Å². The van der Waals surface area contributed by atoms with Gasteiger partial charge in [0, 0.05) is 43.9 Å². The summed E-state index contributed by atoms with van der Waals surface area (Å²) in [6.45, 7) is -0.142. The van der Waals surface area contributed by atoms with E-state index in [0.29, 0.717) is 55.4 Å². The third-order valence-corrected chi connectivity index (χ3v) is 16.5. The minimum absolute atomic E-state index is 0.00387. The van der Waals surface area contributed by atoms with E-state index in [2.05, 4.69) is 42.2 Å². The smallest absolute Gasteiger partial charge is 0.250 e. The molecular formula is C52H76N14O11S2. The summed E-state index contributed by atoms with van der Waals surface area (Å²) in [6.07, 6.45) is 3.36. The molecule has 0 bridgehead atoms. The Morgan fingerprint density at radius 1 is 0.747 bits per heavy atom. The third-order valence-electron chi connectivity index (χ3n) is 14.0. The number of nitrogens with zero attached hydrogens (tertiary/aromatic N) is 2. The van der Waals surface area contributed by atoms with Crippen molar-refractivity contribution in [2.75, 3.05) is 44.8 Å². The Morgan fingerprint density at radius 3 is 1.99 bits per heavy atom. The third kappa shape index (κ3) is 19.7. The van der Waals surface area contributed by atoms with Gasteiger partial charge in [0.25, 0.3) is 0 Å². The highest BCUT2D eigenvalue weighted by Crippen LogP contribution is 2.42. The molecule has 79 heavy (non-hydrogen) atoms. The molecule has 25 nitrogen and oxygen atoms in total. The molecule has 0 radical (unpaired) electrons. The molecule has 1 spiro atoms. The summed E-state index contributed by atoms with van der Waals surface area (Å²) in [6, 6.07) is 6.69. The van der Waals surface area contributed by atoms with Crippen LogP contribution in [-0.2, 0) is 60.8 Å². The van der Waals surface area contributed by atoms with Crippen LogP contribution in [0.2, 0.25) is 0 Å². The van der Waals surface area contributed by atoms with Crippen LogP contribution in [0.1, 0.15) is 88.2 Å². The van der Waals surface area contributed by atoms with Crippen molar-refractivity contribution in [3.63, 3.8) is 0 Å². The molecule has 3 aliphatic rings. The van der Waals surface area contributed by atoms with E-state index in [4.69, 9.17) is 33.4 Å². The second-order valence-electron chi connectivity index (χ2n) is 19.9. The molecule has 0 aromatic heterocycles. The Hall–Kier alpha value is -6.97. The SMILES string of the molecule is COc1ccc(C[C@@H]2NC(=O)C3(CCCCC3)CSSC[C@H](NC(=O)[C@@H]3CCCN3C(=O)[C@H](CCCN=C(N)N)NCC(N)=O)C(=O)NC(=O)[C@@H](CCN)NC(=O)[C@H](CCC(N)=O)NC(=O)[C@H](Cc3ccccc3)NC2=O)cc1. The molecule has 2 aromatic rings. The lowest BCUT2D eigenvalue weighted by Gasteiger charge is -2.37. The number of imide groups is 1. The molecular weight excluding hydrogens is 1060 g/mol. The molecule has 0 unspecified atom stereocenters. The number of guanidine groups is 1. The monoisotopic (exact) mass is 1140 g/mol. The number of amides is 10. The van der Waals surface area contributed by atoms with Crippen molar-refractivity contribution < 1.29 is 52.7 Å². The number of ether oxygens (including phenoxy) is 1. The second-order valence-corrected chi connectivity index (χ2v) is 22.4. The van der Waals surface area contributed by atoms with E-state index in [9.17, 15) is 47.9 Å². The van der Waals surface area contributed by atoms with Crippen LogP contribution in [0.25, 0.3) is 0 Å². The highest BCUT2D eigenvalue weighted by Gasteiger charge is 2.43. The number of benzene rings is 2. The second kappa shape index (κ2) is 31.6. The average Bonchev–Trinajstić information content (AvgIpc) is 3.98. The standard InChI is InChI=1S/C52H76N14O11S2/c1-77-33-16-14-32(15-17-33)27-38-46(72)62-37(26-31-10-4-2-5-11-31)45(71)60-34(18-19-41(54)67)43(69)61-35(20-23-53)44(70)65-47(73)39(29-78-79-30-52(50(76)64-38)21-6-3-7-22-52)63-48(74)40-13-9-25-66(40)49(75)36(59-28-42(55)68)12-8-24-58-51(56)57/h2,4-5,10-11,14-17,34-40,59H,3,6-9,12-13,18-30,53H2,1H3,(H2,54,67)(H2,55,68)(H,60,71)(H,61,69)(H,62,72)(H,63,74)(H,64,76)(H4,56,57,58)(H,65,70,73)/t34-,35+,36-,37-,38-,39-,40-/m0/s1. The van der Waals surface area contributed by atoms with E-state index < -0.39 is 107 Å². The van der Waals surface area contributed by atoms with Gasteiger partial charge in [-0.25, -0.2) is 0 Å². The Balaban J connectivity index is 1.51. The van der Waals surface area contributed by atoms with E-state index in [-0.39, 0.29) is 88.6 Å². The quantitative estimate of drug-likeness (QED) is 0.0224. The van der Waals surface area contributed by atoms with Crippen molar-refractivity contribution in [3.05, 3.63) is 65.7 Å². The summed E-state index contributed by atoms with van der Waals surface area (Å²) in [5.41, 5.74) is 28.0. The van der Waals surface area contributed by atoms with Gasteiger partial charge in [-0.15, -0.1) is 0 Å². The Bertz CT molecular complexity index is 2480. The van der Waals surface area contributed by atoms with Gasteiger partial charge in [0.15, 0.2) is 5.96 Å². The minimum atomic E-state index is -1.52. The molecule has 2 saturated heterocycles. The molecule has 7 atom stereocenters. The first-order chi connectivity index (χ1) is 37.8. The summed E-state index contributed by atoms with van der Waals surface area (Å²) in [4.78, 5) is 144. The largest absolute Gasteiger partial charge is 0.497 e. The van der Waals surface area contributed by atoms with Crippen molar-refractivity contribution in [2.24, 2.45) is 39.1 Å². The normalized spacial score (nSPS) is 23.1. The molecule has 17 N–H and O–H groups in total. The van der Waals surface area contributed by atoms with E-state index >= 15 is 0 Å². The molecule has 432 valence electrons. The van der Waals surface area contributed by atoms with Crippen LogP contribution < -0.4 is 70.6 Å². The summed E-state index contributed by atoms with van der Waals surface area (Å²) in [5.74, 6) is -7.11. The summed E-state index contributed by atoms with van der Waals surface area (Å²) in [5, 5.41) is 19.0. The maximum Gasteiger partial charge on any atom is 0.250 e. The lowest BCUT2D eigenvalue weighted by molar-refractivity contribution is -0.141. The van der Waals surface area contributed by atoms with Gasteiger partial charge in [0.05, 0.1) is 25.1 Å². The number of hydrogen-bond acceptors (Lipinski definition) is 16. The maximum absolute atomic E-state index is 14.9. The predicted molar refractivity (Wildman–Crippen MR) is 298 cm³/mol. The van der Waals surface area contributed by atoms with Crippen molar-refractivity contribution in [3.8, 4) is 5.75 Å². The summed E-state index contributed by atoms with van der Waals surface area (Å²) >= 11 is 0. The van der Waals surface area contributed by atoms with Gasteiger partial charge in [-0.1, -0.05) is 83.3 Å². The number of methoxy groups -OCH3 is 1. The molecule has 2 aromatic carbocycles. The number of carbonyl (C=O) groups is 10. The van der Waals surface area contributed by atoms with Gasteiger partial charge >= 0.3 is 0 Å². The molecule has 1 aliphatic carbocycles. The molecule has 2 aliphatic heterocycles. The first-order valence-corrected chi connectivity index (χ1v) is 29.0. The molecule has 10 amide bonds. The number of likely N-dealkylation sites (tertiary alicyclic amines) is 1. The topological polar surface area (TPSA) is 410 Å². The van der Waals surface area contributed by atoms with Crippen LogP contribution in [0, 0.1) is 5.41 Å². The van der Waals surface area contributed by atoms with Gasteiger partial charge in [-0.3, -0.25) is 63.6 Å². The van der Waals surface area contributed by atoms with Crippen LogP contribution in [0.4, 0.5) is 0 Å². The van der Waals surface area contributed by atoms with Crippen molar-refractivity contribution in [1.82, 2.24) is 42.1 Å². The van der Waals surface area contributed by atoms with Gasteiger partial charge < -0.3 is 64.9 Å². The lowest BCUT2D eigenvalue weighted by Crippen LogP contribution is -2.60. The number of aliphatic imine (C=N–C) groups is 1. The zero-order valence-electron chi connectivity index (χ0n) is 44.5. The Kier molecular flexibility index (Phi) is 25.1. The van der Waals surface area contributed by atoms with E-state index in [1.165, 1.54) is 22.8 Å². The molecule has 2 heterocycles. The first kappa shape index (κ1) is 62.9. The first-order valence-electron chi connectivity index (χ1n) is 26.5. The molecule has 5 rings (SSSR count). The number of primary amides is 2. The average molecular weight is 1140 g/mol. The van der Waals surface area contributed by atoms with Gasteiger partial charge in [0.2, 0.25) is 59.1 Å². The van der Waals surface area contributed by atoms with E-state index in [1.807, 2.05) is 0 Å². The van der Waals surface area contributed by atoms with E-state index in [0.717, 1.165) is 17.2 Å². The van der Waals surface area contributed by atoms with Crippen molar-refractivity contribution in [1.29, 1.82) is 0 Å². The minimum Gasteiger partial charge on any atom is -0.497 e. The fourth-order valence-corrected chi connectivity index (χ4v) is 12.4. The van der Waals surface area contributed by atoms with E-state index in [1.54, 1.807) is 54.6 Å². The lowest BCUT2D eigenvalue weighted by atomic mass is 9.74. The highest BCUT2D eigenvalue weighted by atomic mass is 33.1. The fourth-order valence-electron chi connectivity index (χ4n) is 9.61. The zero-order valence-corrected chi connectivity index (χ0v) is 46.1. The Labute approximate surface area is 467 Å². The zero-order chi connectivity index (χ0) is 57.5.